The number of hydrogen-bond acceptors (Lipinski definition) is 5. The second kappa shape index (κ2) is 7.56. The number of unbranched alkanes of at least 4 members (excludes halogenated alkanes) is 1. The zero-order valence-corrected chi connectivity index (χ0v) is 11.9. The highest BCUT2D eigenvalue weighted by molar-refractivity contribution is 5.76. The van der Waals surface area contributed by atoms with Gasteiger partial charge < -0.3 is 14.9 Å². The molecule has 7 nitrogen and oxygen atoms in total. The summed E-state index contributed by atoms with van der Waals surface area (Å²) < 4.78 is 0. The van der Waals surface area contributed by atoms with E-state index in [0.717, 1.165) is 18.9 Å². The van der Waals surface area contributed by atoms with Crippen LogP contribution in [0.2, 0.25) is 0 Å². The van der Waals surface area contributed by atoms with Gasteiger partial charge in [0.1, 0.15) is 5.82 Å². The van der Waals surface area contributed by atoms with Gasteiger partial charge in [-0.15, -0.1) is 0 Å². The second-order valence-corrected chi connectivity index (χ2v) is 5.03. The molecule has 2 rings (SSSR count). The summed E-state index contributed by atoms with van der Waals surface area (Å²) in [5, 5.41) is 8.55. The van der Waals surface area contributed by atoms with Gasteiger partial charge in [0.05, 0.1) is 6.20 Å². The fourth-order valence-corrected chi connectivity index (χ4v) is 2.35. The number of hydrogen-bond donors (Lipinski definition) is 1. The Labute approximate surface area is 123 Å². The third kappa shape index (κ3) is 4.70. The molecule has 1 aromatic heterocycles. The summed E-state index contributed by atoms with van der Waals surface area (Å²) >= 11 is 0. The van der Waals surface area contributed by atoms with E-state index in [1.54, 1.807) is 18.6 Å². The maximum absolute atomic E-state index is 12.0. The Balaban J connectivity index is 1.71. The Kier molecular flexibility index (Phi) is 5.48. The minimum atomic E-state index is -0.806. The summed E-state index contributed by atoms with van der Waals surface area (Å²) in [5.74, 6) is 0.144. The van der Waals surface area contributed by atoms with E-state index in [4.69, 9.17) is 5.11 Å². The molecule has 0 radical (unpaired) electrons. The van der Waals surface area contributed by atoms with Crippen LogP contribution in [0.15, 0.2) is 18.6 Å². The fraction of sp³-hybridized carbons (Fsp3) is 0.571. The smallest absolute Gasteiger partial charge is 0.303 e. The van der Waals surface area contributed by atoms with Gasteiger partial charge in [-0.1, -0.05) is 0 Å². The lowest BCUT2D eigenvalue weighted by Gasteiger charge is -2.35. The lowest BCUT2D eigenvalue weighted by atomic mass is 10.1. The quantitative estimate of drug-likeness (QED) is 0.779. The van der Waals surface area contributed by atoms with Crippen molar-refractivity contribution in [3.63, 3.8) is 0 Å². The molecule has 1 amide bonds. The summed E-state index contributed by atoms with van der Waals surface area (Å²) in [6, 6.07) is 0. The largest absolute Gasteiger partial charge is 0.481 e. The van der Waals surface area contributed by atoms with Crippen LogP contribution < -0.4 is 4.90 Å². The number of piperazine rings is 1. The Morgan fingerprint density at radius 2 is 1.81 bits per heavy atom. The lowest BCUT2D eigenvalue weighted by molar-refractivity contribution is -0.137. The molecule has 0 unspecified atom stereocenters. The normalized spacial score (nSPS) is 15.0. The molecular formula is C14H20N4O3. The van der Waals surface area contributed by atoms with Gasteiger partial charge in [-0.3, -0.25) is 14.6 Å². The molecule has 21 heavy (non-hydrogen) atoms. The van der Waals surface area contributed by atoms with Crippen LogP contribution in [0.1, 0.15) is 25.7 Å². The molecule has 2 heterocycles. The fourth-order valence-electron chi connectivity index (χ4n) is 2.35. The van der Waals surface area contributed by atoms with Crippen molar-refractivity contribution in [1.29, 1.82) is 0 Å². The first kappa shape index (κ1) is 15.2. The zero-order valence-electron chi connectivity index (χ0n) is 11.9. The Morgan fingerprint density at radius 1 is 1.10 bits per heavy atom. The number of carboxylic acids is 1. The van der Waals surface area contributed by atoms with Gasteiger partial charge in [0.25, 0.3) is 0 Å². The van der Waals surface area contributed by atoms with E-state index in [2.05, 4.69) is 14.9 Å². The summed E-state index contributed by atoms with van der Waals surface area (Å²) in [6.45, 7) is 2.85. The predicted molar refractivity (Wildman–Crippen MR) is 76.9 cm³/mol. The number of aromatic nitrogens is 2. The third-order valence-electron chi connectivity index (χ3n) is 3.54. The molecule has 0 bridgehead atoms. The molecule has 0 saturated carbocycles. The van der Waals surface area contributed by atoms with Gasteiger partial charge in [0, 0.05) is 51.4 Å². The highest BCUT2D eigenvalue weighted by atomic mass is 16.4. The topological polar surface area (TPSA) is 86.6 Å². The number of anilines is 1. The molecule has 1 N–H and O–H groups in total. The van der Waals surface area contributed by atoms with Crippen LogP contribution in [0.3, 0.4) is 0 Å². The number of nitrogens with zero attached hydrogens (tertiary/aromatic N) is 4. The van der Waals surface area contributed by atoms with Crippen molar-refractivity contribution in [2.45, 2.75) is 25.7 Å². The van der Waals surface area contributed by atoms with E-state index in [1.807, 2.05) is 4.90 Å². The highest BCUT2D eigenvalue weighted by Gasteiger charge is 2.21. The van der Waals surface area contributed by atoms with Gasteiger partial charge in [0.15, 0.2) is 0 Å². The Bertz CT molecular complexity index is 472. The first-order valence-electron chi connectivity index (χ1n) is 7.17. The summed E-state index contributed by atoms with van der Waals surface area (Å²) in [4.78, 5) is 34.7. The zero-order chi connectivity index (χ0) is 15.1. The molecule has 7 heteroatoms. The van der Waals surface area contributed by atoms with Gasteiger partial charge >= 0.3 is 5.97 Å². The van der Waals surface area contributed by atoms with Crippen LogP contribution in [0.5, 0.6) is 0 Å². The Hall–Kier alpha value is -2.18. The summed E-state index contributed by atoms with van der Waals surface area (Å²) in [7, 11) is 0. The van der Waals surface area contributed by atoms with E-state index in [1.165, 1.54) is 0 Å². The van der Waals surface area contributed by atoms with E-state index < -0.39 is 5.97 Å². The molecule has 0 atom stereocenters. The monoisotopic (exact) mass is 292 g/mol. The number of carboxylic acid groups (broad SMARTS) is 1. The van der Waals surface area contributed by atoms with Crippen LogP contribution in [0.4, 0.5) is 5.82 Å². The number of rotatable bonds is 6. The standard InChI is InChI=1S/C14H20N4O3/c19-13(3-1-2-4-14(20)21)18-9-7-17(8-10-18)12-11-15-5-6-16-12/h5-6,11H,1-4,7-10H2,(H,20,21). The molecule has 0 spiro atoms. The summed E-state index contributed by atoms with van der Waals surface area (Å²) in [5.41, 5.74) is 0. The van der Waals surface area contributed by atoms with E-state index >= 15 is 0 Å². The summed E-state index contributed by atoms with van der Waals surface area (Å²) in [6.07, 6.45) is 6.78. The maximum Gasteiger partial charge on any atom is 0.303 e. The molecular weight excluding hydrogens is 272 g/mol. The first-order chi connectivity index (χ1) is 10.2. The van der Waals surface area contributed by atoms with Crippen molar-refractivity contribution in [1.82, 2.24) is 14.9 Å². The molecule has 1 saturated heterocycles. The minimum Gasteiger partial charge on any atom is -0.481 e. The highest BCUT2D eigenvalue weighted by Crippen LogP contribution is 2.13. The number of amides is 1. The van der Waals surface area contributed by atoms with Crippen LogP contribution in [0, 0.1) is 0 Å². The molecule has 1 fully saturated rings. The van der Waals surface area contributed by atoms with Crippen LogP contribution in [-0.2, 0) is 9.59 Å². The van der Waals surface area contributed by atoms with E-state index in [0.29, 0.717) is 32.4 Å². The molecule has 1 aliphatic heterocycles. The van der Waals surface area contributed by atoms with Gasteiger partial charge in [-0.05, 0) is 12.8 Å². The van der Waals surface area contributed by atoms with E-state index in [9.17, 15) is 9.59 Å². The van der Waals surface area contributed by atoms with Crippen molar-refractivity contribution in [2.75, 3.05) is 31.1 Å². The van der Waals surface area contributed by atoms with Crippen molar-refractivity contribution >= 4 is 17.7 Å². The van der Waals surface area contributed by atoms with Crippen molar-refractivity contribution < 1.29 is 14.7 Å². The minimum absolute atomic E-state index is 0.110. The Morgan fingerprint density at radius 3 is 2.43 bits per heavy atom. The number of aliphatic carboxylic acids is 1. The molecule has 0 aliphatic carbocycles. The van der Waals surface area contributed by atoms with Crippen molar-refractivity contribution in [3.05, 3.63) is 18.6 Å². The average Bonchev–Trinajstić information content (AvgIpc) is 2.52. The third-order valence-corrected chi connectivity index (χ3v) is 3.54. The van der Waals surface area contributed by atoms with Crippen LogP contribution in [0.25, 0.3) is 0 Å². The lowest BCUT2D eigenvalue weighted by Crippen LogP contribution is -2.49. The van der Waals surface area contributed by atoms with Gasteiger partial charge in [-0.2, -0.15) is 0 Å². The van der Waals surface area contributed by atoms with Gasteiger partial charge in [0.2, 0.25) is 5.91 Å². The number of carbonyl (C=O) groups is 2. The molecule has 0 aromatic carbocycles. The second-order valence-electron chi connectivity index (χ2n) is 5.03. The maximum atomic E-state index is 12.0. The molecule has 1 aromatic rings. The SMILES string of the molecule is O=C(O)CCCCC(=O)N1CCN(c2cnccn2)CC1. The average molecular weight is 292 g/mol. The van der Waals surface area contributed by atoms with Crippen LogP contribution in [-0.4, -0.2) is 58.0 Å². The molecule has 114 valence electrons. The van der Waals surface area contributed by atoms with Crippen LogP contribution >= 0.6 is 0 Å². The van der Waals surface area contributed by atoms with Crippen molar-refractivity contribution in [2.24, 2.45) is 0 Å². The molecule has 1 aliphatic rings. The first-order valence-corrected chi connectivity index (χ1v) is 7.17. The van der Waals surface area contributed by atoms with Crippen molar-refractivity contribution in [3.8, 4) is 0 Å². The van der Waals surface area contributed by atoms with E-state index in [-0.39, 0.29) is 12.3 Å². The predicted octanol–water partition coefficient (Wildman–Crippen LogP) is 0.770. The van der Waals surface area contributed by atoms with Gasteiger partial charge in [-0.25, -0.2) is 4.98 Å². The number of carbonyl (C=O) groups excluding carboxylic acids is 1.